The third kappa shape index (κ3) is 3.20. The zero-order valence-corrected chi connectivity index (χ0v) is 12.7. The molecule has 0 saturated heterocycles. The van der Waals surface area contributed by atoms with Crippen LogP contribution in [0.15, 0.2) is 40.2 Å². The maximum absolute atomic E-state index is 5.71. The molecule has 1 aromatic carbocycles. The summed E-state index contributed by atoms with van der Waals surface area (Å²) in [6, 6.07) is 10.8. The predicted molar refractivity (Wildman–Crippen MR) is 81.6 cm³/mol. The molecule has 0 amide bonds. The molecule has 0 fully saturated rings. The Morgan fingerprint density at radius 2 is 2.00 bits per heavy atom. The molecule has 2 rings (SSSR count). The second kappa shape index (κ2) is 6.48. The molecule has 0 saturated carbocycles. The average molecular weight is 325 g/mol. The van der Waals surface area contributed by atoms with Crippen molar-refractivity contribution in [2.24, 2.45) is 5.84 Å². The fraction of sp³-hybridized carbons (Fsp3) is 0.286. The minimum absolute atomic E-state index is 0.195. The lowest BCUT2D eigenvalue weighted by Gasteiger charge is -2.16. The average Bonchev–Trinajstić information content (AvgIpc) is 2.86. The number of hydrogen-bond acceptors (Lipinski definition) is 3. The van der Waals surface area contributed by atoms with E-state index in [-0.39, 0.29) is 6.04 Å². The van der Waals surface area contributed by atoms with Crippen molar-refractivity contribution in [3.05, 3.63) is 56.2 Å². The first-order valence-corrected chi connectivity index (χ1v) is 7.68. The van der Waals surface area contributed by atoms with Gasteiger partial charge in [0, 0.05) is 9.35 Å². The molecule has 1 heterocycles. The van der Waals surface area contributed by atoms with Gasteiger partial charge in [0.2, 0.25) is 0 Å². The Bertz CT molecular complexity index is 493. The van der Waals surface area contributed by atoms with Gasteiger partial charge in [-0.15, -0.1) is 11.3 Å². The number of thiophene rings is 1. The quantitative estimate of drug-likeness (QED) is 0.648. The van der Waals surface area contributed by atoms with Gasteiger partial charge in [0.15, 0.2) is 0 Å². The summed E-state index contributed by atoms with van der Waals surface area (Å²) in [7, 11) is 0. The van der Waals surface area contributed by atoms with E-state index in [4.69, 9.17) is 5.84 Å². The van der Waals surface area contributed by atoms with E-state index in [1.807, 2.05) is 0 Å². The van der Waals surface area contributed by atoms with Crippen LogP contribution in [-0.2, 0) is 12.8 Å². The molecule has 0 aliphatic carbocycles. The van der Waals surface area contributed by atoms with Gasteiger partial charge in [-0.1, -0.05) is 35.0 Å². The Morgan fingerprint density at radius 1 is 1.28 bits per heavy atom. The Labute approximate surface area is 120 Å². The first-order chi connectivity index (χ1) is 8.74. The number of benzene rings is 1. The van der Waals surface area contributed by atoms with Crippen molar-refractivity contribution in [3.8, 4) is 0 Å². The maximum atomic E-state index is 5.71. The minimum atomic E-state index is 0.195. The summed E-state index contributed by atoms with van der Waals surface area (Å²) >= 11 is 5.23. The number of nitrogens with two attached hydrogens (primary N) is 1. The van der Waals surface area contributed by atoms with Crippen molar-refractivity contribution in [2.75, 3.05) is 0 Å². The number of aryl methyl sites for hydroxylation is 1. The van der Waals surface area contributed by atoms with Crippen molar-refractivity contribution >= 4 is 27.3 Å². The highest BCUT2D eigenvalue weighted by Crippen LogP contribution is 2.27. The topological polar surface area (TPSA) is 38.0 Å². The smallest absolute Gasteiger partial charge is 0.0596 e. The molecule has 96 valence electrons. The summed E-state index contributed by atoms with van der Waals surface area (Å²) in [5.74, 6) is 5.71. The number of hydrazine groups is 1. The highest BCUT2D eigenvalue weighted by atomic mass is 79.9. The second-order valence-electron chi connectivity index (χ2n) is 4.21. The first kappa shape index (κ1) is 13.7. The molecule has 18 heavy (non-hydrogen) atoms. The van der Waals surface area contributed by atoms with Crippen LogP contribution in [0.3, 0.4) is 0 Å². The molecular weight excluding hydrogens is 308 g/mol. The summed E-state index contributed by atoms with van der Waals surface area (Å²) < 4.78 is 1.11. The van der Waals surface area contributed by atoms with Crippen molar-refractivity contribution in [2.45, 2.75) is 25.8 Å². The Balaban J connectivity index is 2.17. The molecule has 1 unspecified atom stereocenters. The van der Waals surface area contributed by atoms with E-state index >= 15 is 0 Å². The number of nitrogens with one attached hydrogen (secondary N) is 1. The fourth-order valence-corrected chi connectivity index (χ4v) is 3.35. The van der Waals surface area contributed by atoms with Crippen LogP contribution in [0.5, 0.6) is 0 Å². The van der Waals surface area contributed by atoms with E-state index in [2.05, 4.69) is 64.0 Å². The van der Waals surface area contributed by atoms with E-state index in [1.54, 1.807) is 11.3 Å². The molecule has 2 aromatic rings. The molecule has 4 heteroatoms. The van der Waals surface area contributed by atoms with E-state index < -0.39 is 0 Å². The lowest BCUT2D eigenvalue weighted by atomic mass is 10.0. The molecule has 3 N–H and O–H groups in total. The summed E-state index contributed by atoms with van der Waals surface area (Å²) in [5.41, 5.74) is 5.62. The monoisotopic (exact) mass is 324 g/mol. The van der Waals surface area contributed by atoms with Gasteiger partial charge in [-0.3, -0.25) is 11.3 Å². The zero-order valence-electron chi connectivity index (χ0n) is 10.3. The normalized spacial score (nSPS) is 12.6. The van der Waals surface area contributed by atoms with Crippen molar-refractivity contribution in [3.63, 3.8) is 0 Å². The van der Waals surface area contributed by atoms with Crippen LogP contribution in [0.4, 0.5) is 0 Å². The Kier molecular flexibility index (Phi) is 4.95. The number of rotatable bonds is 5. The van der Waals surface area contributed by atoms with Gasteiger partial charge in [-0.2, -0.15) is 0 Å². The Hall–Kier alpha value is -0.680. The summed E-state index contributed by atoms with van der Waals surface area (Å²) in [6.45, 7) is 2.18. The van der Waals surface area contributed by atoms with Crippen molar-refractivity contribution in [1.82, 2.24) is 5.43 Å². The molecule has 1 aromatic heterocycles. The van der Waals surface area contributed by atoms with Crippen molar-refractivity contribution in [1.29, 1.82) is 0 Å². The van der Waals surface area contributed by atoms with E-state index in [0.717, 1.165) is 17.3 Å². The van der Waals surface area contributed by atoms with Gasteiger partial charge in [0.05, 0.1) is 6.04 Å². The van der Waals surface area contributed by atoms with E-state index in [0.29, 0.717) is 0 Å². The first-order valence-electron chi connectivity index (χ1n) is 6.01. The van der Waals surface area contributed by atoms with Crippen LogP contribution in [-0.4, -0.2) is 0 Å². The van der Waals surface area contributed by atoms with Crippen molar-refractivity contribution < 1.29 is 0 Å². The minimum Gasteiger partial charge on any atom is -0.271 e. The molecule has 0 aliphatic heterocycles. The SMILES string of the molecule is CCc1ccsc1C(Cc1ccc(Br)cc1)NN. The lowest BCUT2D eigenvalue weighted by Crippen LogP contribution is -2.29. The zero-order chi connectivity index (χ0) is 13.0. The summed E-state index contributed by atoms with van der Waals surface area (Å²) in [4.78, 5) is 1.35. The molecule has 2 nitrogen and oxygen atoms in total. The third-order valence-electron chi connectivity index (χ3n) is 3.03. The predicted octanol–water partition coefficient (Wildman–Crippen LogP) is 3.82. The van der Waals surface area contributed by atoms with Crippen LogP contribution in [0, 0.1) is 0 Å². The van der Waals surface area contributed by atoms with Crippen LogP contribution in [0.25, 0.3) is 0 Å². The second-order valence-corrected chi connectivity index (χ2v) is 6.08. The van der Waals surface area contributed by atoms with Gasteiger partial charge in [-0.25, -0.2) is 0 Å². The van der Waals surface area contributed by atoms with Crippen LogP contribution >= 0.6 is 27.3 Å². The van der Waals surface area contributed by atoms with Gasteiger partial charge < -0.3 is 0 Å². The maximum Gasteiger partial charge on any atom is 0.0596 e. The highest BCUT2D eigenvalue weighted by Gasteiger charge is 2.15. The van der Waals surface area contributed by atoms with Gasteiger partial charge >= 0.3 is 0 Å². The molecule has 0 aliphatic rings. The van der Waals surface area contributed by atoms with E-state index in [9.17, 15) is 0 Å². The number of halogens is 1. The Morgan fingerprint density at radius 3 is 2.61 bits per heavy atom. The molecule has 1 atom stereocenters. The standard InChI is InChI=1S/C14H17BrN2S/c1-2-11-7-8-18-14(11)13(17-16)9-10-3-5-12(15)6-4-10/h3-8,13,17H,2,9,16H2,1H3. The molecule has 0 bridgehead atoms. The summed E-state index contributed by atoms with van der Waals surface area (Å²) in [5, 5.41) is 2.14. The molecule has 0 spiro atoms. The van der Waals surface area contributed by atoms with E-state index in [1.165, 1.54) is 16.0 Å². The lowest BCUT2D eigenvalue weighted by molar-refractivity contribution is 0.557. The molecule has 0 radical (unpaired) electrons. The van der Waals surface area contributed by atoms with Gasteiger partial charge in [0.25, 0.3) is 0 Å². The number of hydrogen-bond donors (Lipinski definition) is 2. The van der Waals surface area contributed by atoms with Gasteiger partial charge in [0.1, 0.15) is 0 Å². The largest absolute Gasteiger partial charge is 0.271 e. The third-order valence-corrected chi connectivity index (χ3v) is 4.63. The van der Waals surface area contributed by atoms with Crippen LogP contribution in [0.2, 0.25) is 0 Å². The summed E-state index contributed by atoms with van der Waals surface area (Å²) in [6.07, 6.45) is 1.97. The van der Waals surface area contributed by atoms with Crippen LogP contribution < -0.4 is 11.3 Å². The highest BCUT2D eigenvalue weighted by molar-refractivity contribution is 9.10. The molecular formula is C14H17BrN2S. The van der Waals surface area contributed by atoms with Crippen LogP contribution in [0.1, 0.15) is 29.0 Å². The fourth-order valence-electron chi connectivity index (χ4n) is 2.03. The van der Waals surface area contributed by atoms with Gasteiger partial charge in [-0.05, 0) is 47.5 Å².